The molecule has 0 aliphatic rings. The minimum absolute atomic E-state index is 0.520. The Labute approximate surface area is 140 Å². The van der Waals surface area contributed by atoms with Gasteiger partial charge in [-0.25, -0.2) is 9.59 Å². The van der Waals surface area contributed by atoms with Gasteiger partial charge in [-0.05, 0) is 30.2 Å². The highest BCUT2D eigenvalue weighted by molar-refractivity contribution is 5.94. The van der Waals surface area contributed by atoms with Crippen molar-refractivity contribution in [2.24, 2.45) is 0 Å². The zero-order chi connectivity index (χ0) is 17.5. The van der Waals surface area contributed by atoms with Crippen LogP contribution in [0.3, 0.4) is 0 Å². The van der Waals surface area contributed by atoms with E-state index in [-0.39, 0.29) is 0 Å². The number of hydrogen-bond donors (Lipinski definition) is 2. The molecule has 0 bridgehead atoms. The Morgan fingerprint density at radius 2 is 1.75 bits per heavy atom. The third kappa shape index (κ3) is 4.25. The van der Waals surface area contributed by atoms with Gasteiger partial charge in [0.2, 0.25) is 0 Å². The number of carbonyl (C=O) groups is 2. The van der Waals surface area contributed by atoms with E-state index in [0.717, 1.165) is 5.56 Å². The smallest absolute Gasteiger partial charge is 0.333 e. The standard InChI is InChI=1S/C18H20N2O4/c1-12-9-10-15(23-2)14(11-12)19-18(22)20-16(17(21)24-3)13-7-5-4-6-8-13/h4-11,16H,1-3H3,(H2,19,20,22). The van der Waals surface area contributed by atoms with Gasteiger partial charge in [0.1, 0.15) is 5.75 Å². The molecule has 6 heteroatoms. The molecular formula is C18H20N2O4. The molecule has 2 rings (SSSR count). The summed E-state index contributed by atoms with van der Waals surface area (Å²) in [5, 5.41) is 5.32. The van der Waals surface area contributed by atoms with Gasteiger partial charge in [0.05, 0.1) is 19.9 Å². The maximum absolute atomic E-state index is 12.3. The third-order valence-corrected chi connectivity index (χ3v) is 3.45. The van der Waals surface area contributed by atoms with E-state index in [9.17, 15) is 9.59 Å². The maximum Gasteiger partial charge on any atom is 0.333 e. The summed E-state index contributed by atoms with van der Waals surface area (Å²) in [6, 6.07) is 12.9. The highest BCUT2D eigenvalue weighted by Crippen LogP contribution is 2.25. The zero-order valence-electron chi connectivity index (χ0n) is 13.8. The highest BCUT2D eigenvalue weighted by Gasteiger charge is 2.23. The number of hydrogen-bond acceptors (Lipinski definition) is 4. The number of benzene rings is 2. The maximum atomic E-state index is 12.3. The van der Waals surface area contributed by atoms with Crippen LogP contribution in [0.25, 0.3) is 0 Å². The molecule has 1 atom stereocenters. The molecule has 0 fully saturated rings. The lowest BCUT2D eigenvalue weighted by Gasteiger charge is -2.18. The molecule has 2 aromatic carbocycles. The van der Waals surface area contributed by atoms with Gasteiger partial charge in [-0.3, -0.25) is 0 Å². The van der Waals surface area contributed by atoms with Crippen LogP contribution in [-0.2, 0) is 9.53 Å². The second kappa shape index (κ2) is 8.01. The summed E-state index contributed by atoms with van der Waals surface area (Å²) in [6.45, 7) is 1.91. The third-order valence-electron chi connectivity index (χ3n) is 3.45. The molecule has 0 aliphatic heterocycles. The molecule has 2 aromatic rings. The minimum Gasteiger partial charge on any atom is -0.495 e. The number of amides is 2. The molecule has 6 nitrogen and oxygen atoms in total. The number of nitrogens with one attached hydrogen (secondary N) is 2. The predicted octanol–water partition coefficient (Wildman–Crippen LogP) is 3.04. The highest BCUT2D eigenvalue weighted by atomic mass is 16.5. The molecular weight excluding hydrogens is 308 g/mol. The van der Waals surface area contributed by atoms with Gasteiger partial charge >= 0.3 is 12.0 Å². The number of ether oxygens (including phenoxy) is 2. The molecule has 126 valence electrons. The molecule has 1 unspecified atom stereocenters. The molecule has 0 saturated carbocycles. The average molecular weight is 328 g/mol. The van der Waals surface area contributed by atoms with Gasteiger partial charge in [-0.15, -0.1) is 0 Å². The second-order valence-corrected chi connectivity index (χ2v) is 5.17. The minimum atomic E-state index is -0.896. The molecule has 0 spiro atoms. The average Bonchev–Trinajstić information content (AvgIpc) is 2.60. The van der Waals surface area contributed by atoms with E-state index in [4.69, 9.17) is 9.47 Å². The topological polar surface area (TPSA) is 76.7 Å². The number of anilines is 1. The fraction of sp³-hybridized carbons (Fsp3) is 0.222. The van der Waals surface area contributed by atoms with Gasteiger partial charge in [-0.2, -0.15) is 0 Å². The van der Waals surface area contributed by atoms with Gasteiger partial charge in [0.25, 0.3) is 0 Å². The van der Waals surface area contributed by atoms with E-state index in [0.29, 0.717) is 17.0 Å². The fourth-order valence-corrected chi connectivity index (χ4v) is 2.25. The van der Waals surface area contributed by atoms with Crippen molar-refractivity contribution < 1.29 is 19.1 Å². The van der Waals surface area contributed by atoms with E-state index in [1.54, 1.807) is 36.4 Å². The van der Waals surface area contributed by atoms with Crippen molar-refractivity contribution in [3.05, 3.63) is 59.7 Å². The summed E-state index contributed by atoms with van der Waals surface area (Å²) in [5.74, 6) is -0.0161. The van der Waals surface area contributed by atoms with Crippen molar-refractivity contribution in [1.82, 2.24) is 5.32 Å². The zero-order valence-corrected chi connectivity index (χ0v) is 13.8. The monoisotopic (exact) mass is 328 g/mol. The number of carbonyl (C=O) groups excluding carboxylic acids is 2. The SMILES string of the molecule is COC(=O)C(NC(=O)Nc1cc(C)ccc1OC)c1ccccc1. The van der Waals surface area contributed by atoms with Crippen LogP contribution in [0.5, 0.6) is 5.75 Å². The van der Waals surface area contributed by atoms with Crippen molar-refractivity contribution >= 4 is 17.7 Å². The molecule has 0 aliphatic carbocycles. The normalized spacial score (nSPS) is 11.3. The Morgan fingerprint density at radius 3 is 2.38 bits per heavy atom. The van der Waals surface area contributed by atoms with Crippen LogP contribution >= 0.6 is 0 Å². The van der Waals surface area contributed by atoms with Gasteiger partial charge in [0.15, 0.2) is 6.04 Å². The number of rotatable bonds is 5. The molecule has 0 heterocycles. The molecule has 24 heavy (non-hydrogen) atoms. The molecule has 2 amide bonds. The summed E-state index contributed by atoms with van der Waals surface area (Å²) < 4.78 is 10.0. The summed E-state index contributed by atoms with van der Waals surface area (Å²) >= 11 is 0. The first kappa shape index (κ1) is 17.3. The number of methoxy groups -OCH3 is 2. The Hall–Kier alpha value is -3.02. The van der Waals surface area contributed by atoms with Crippen LogP contribution in [-0.4, -0.2) is 26.2 Å². The van der Waals surface area contributed by atoms with E-state index >= 15 is 0 Å². The quantitative estimate of drug-likeness (QED) is 0.827. The molecule has 2 N–H and O–H groups in total. The largest absolute Gasteiger partial charge is 0.495 e. The van der Waals surface area contributed by atoms with E-state index in [1.807, 2.05) is 19.1 Å². The summed E-state index contributed by atoms with van der Waals surface area (Å²) in [6.07, 6.45) is 0. The Morgan fingerprint density at radius 1 is 1.04 bits per heavy atom. The summed E-state index contributed by atoms with van der Waals surface area (Å²) in [5.41, 5.74) is 2.13. The summed E-state index contributed by atoms with van der Waals surface area (Å²) in [7, 11) is 2.80. The van der Waals surface area contributed by atoms with Gasteiger partial charge < -0.3 is 20.1 Å². The lowest BCUT2D eigenvalue weighted by Crippen LogP contribution is -2.37. The number of esters is 1. The van der Waals surface area contributed by atoms with E-state index in [2.05, 4.69) is 10.6 Å². The molecule has 0 aromatic heterocycles. The van der Waals surface area contributed by atoms with Crippen molar-refractivity contribution in [2.45, 2.75) is 13.0 Å². The van der Waals surface area contributed by atoms with Crippen molar-refractivity contribution in [2.75, 3.05) is 19.5 Å². The first-order chi connectivity index (χ1) is 11.5. The van der Waals surface area contributed by atoms with Gasteiger partial charge in [-0.1, -0.05) is 36.4 Å². The van der Waals surface area contributed by atoms with Crippen LogP contribution in [0, 0.1) is 6.92 Å². The van der Waals surface area contributed by atoms with Crippen molar-refractivity contribution in [3.8, 4) is 5.75 Å². The fourth-order valence-electron chi connectivity index (χ4n) is 2.25. The number of aryl methyl sites for hydroxylation is 1. The lowest BCUT2D eigenvalue weighted by molar-refractivity contribution is -0.143. The molecule has 0 saturated heterocycles. The molecule has 0 radical (unpaired) electrons. The summed E-state index contributed by atoms with van der Waals surface area (Å²) in [4.78, 5) is 24.3. The number of urea groups is 1. The van der Waals surface area contributed by atoms with Gasteiger partial charge in [0, 0.05) is 0 Å². The Bertz CT molecular complexity index is 716. The lowest BCUT2D eigenvalue weighted by atomic mass is 10.1. The van der Waals surface area contributed by atoms with Crippen LogP contribution in [0.4, 0.5) is 10.5 Å². The van der Waals surface area contributed by atoms with Crippen LogP contribution in [0.15, 0.2) is 48.5 Å². The van der Waals surface area contributed by atoms with Crippen LogP contribution < -0.4 is 15.4 Å². The predicted molar refractivity (Wildman–Crippen MR) is 91.1 cm³/mol. The Balaban J connectivity index is 2.17. The van der Waals surface area contributed by atoms with E-state index < -0.39 is 18.0 Å². The van der Waals surface area contributed by atoms with Crippen LogP contribution in [0.2, 0.25) is 0 Å². The second-order valence-electron chi connectivity index (χ2n) is 5.17. The Kier molecular flexibility index (Phi) is 5.78. The van der Waals surface area contributed by atoms with Crippen molar-refractivity contribution in [3.63, 3.8) is 0 Å². The first-order valence-corrected chi connectivity index (χ1v) is 7.40. The van der Waals surface area contributed by atoms with Crippen LogP contribution in [0.1, 0.15) is 17.2 Å². The first-order valence-electron chi connectivity index (χ1n) is 7.40. The van der Waals surface area contributed by atoms with E-state index in [1.165, 1.54) is 14.2 Å². The van der Waals surface area contributed by atoms with Crippen molar-refractivity contribution in [1.29, 1.82) is 0 Å².